The molecule has 2 fully saturated rings. The fraction of sp³-hybridized carbons (Fsp3) is 0.333. The van der Waals surface area contributed by atoms with E-state index in [9.17, 15) is 4.79 Å². The number of hydrazine groups is 1. The van der Waals surface area contributed by atoms with Gasteiger partial charge in [0.1, 0.15) is 6.04 Å². The molecule has 118 valence electrons. The molecule has 0 radical (unpaired) electrons. The molecule has 1 aromatic heterocycles. The average molecular weight is 308 g/mol. The van der Waals surface area contributed by atoms with Crippen molar-refractivity contribution >= 4 is 5.91 Å². The summed E-state index contributed by atoms with van der Waals surface area (Å²) in [5.74, 6) is 0.234. The van der Waals surface area contributed by atoms with E-state index in [1.807, 2.05) is 30.1 Å². The van der Waals surface area contributed by atoms with Crippen LogP contribution in [0.2, 0.25) is 0 Å². The number of carbonyl (C=O) groups excluding carboxylic acids is 1. The number of nitrogens with one attached hydrogen (secondary N) is 2. The Morgan fingerprint density at radius 1 is 1.04 bits per heavy atom. The fourth-order valence-electron chi connectivity index (χ4n) is 3.80. The molecule has 3 heterocycles. The maximum Gasteiger partial charge on any atom is 0.241 e. The number of aromatic nitrogens is 1. The van der Waals surface area contributed by atoms with Gasteiger partial charge in [-0.05, 0) is 24.6 Å². The second-order valence-corrected chi connectivity index (χ2v) is 6.38. The molecule has 0 spiro atoms. The number of hydrogen-bond donors (Lipinski definition) is 2. The number of nitrogens with zero attached hydrogens (tertiary/aromatic N) is 2. The van der Waals surface area contributed by atoms with Crippen molar-refractivity contribution in [2.24, 2.45) is 5.92 Å². The first-order valence-corrected chi connectivity index (χ1v) is 7.92. The van der Waals surface area contributed by atoms with Crippen molar-refractivity contribution in [2.75, 3.05) is 7.05 Å². The first-order chi connectivity index (χ1) is 11.2. The lowest BCUT2D eigenvalue weighted by Crippen LogP contribution is -2.40. The van der Waals surface area contributed by atoms with E-state index in [-0.39, 0.29) is 30.0 Å². The van der Waals surface area contributed by atoms with Gasteiger partial charge in [0.05, 0.1) is 17.8 Å². The van der Waals surface area contributed by atoms with Crippen molar-refractivity contribution in [3.8, 4) is 0 Å². The maximum absolute atomic E-state index is 12.6. The first-order valence-electron chi connectivity index (χ1n) is 7.92. The third-order valence-electron chi connectivity index (χ3n) is 4.99. The van der Waals surface area contributed by atoms with E-state index >= 15 is 0 Å². The molecule has 2 aromatic rings. The van der Waals surface area contributed by atoms with Crippen molar-refractivity contribution in [3.63, 3.8) is 0 Å². The number of carbonyl (C=O) groups is 1. The average Bonchev–Trinajstić information content (AvgIpc) is 3.10. The summed E-state index contributed by atoms with van der Waals surface area (Å²) in [5.41, 5.74) is 9.88. The minimum atomic E-state index is -0.210. The highest BCUT2D eigenvalue weighted by Gasteiger charge is 2.54. The van der Waals surface area contributed by atoms with Crippen LogP contribution in [0, 0.1) is 12.8 Å². The van der Waals surface area contributed by atoms with Gasteiger partial charge in [-0.2, -0.15) is 0 Å². The van der Waals surface area contributed by atoms with Gasteiger partial charge in [-0.15, -0.1) is 0 Å². The lowest BCUT2D eigenvalue weighted by molar-refractivity contribution is -0.129. The van der Waals surface area contributed by atoms with Crippen molar-refractivity contribution in [1.82, 2.24) is 20.7 Å². The minimum absolute atomic E-state index is 0.0255. The zero-order chi connectivity index (χ0) is 16.0. The molecule has 4 atom stereocenters. The summed E-state index contributed by atoms with van der Waals surface area (Å²) >= 11 is 0. The second-order valence-electron chi connectivity index (χ2n) is 6.38. The number of rotatable bonds is 2. The van der Waals surface area contributed by atoms with Crippen LogP contribution >= 0.6 is 0 Å². The molecule has 1 amide bonds. The Hall–Kier alpha value is -2.24. The number of aryl methyl sites for hydroxylation is 1. The number of fused-ring (bicyclic) bond motifs is 1. The van der Waals surface area contributed by atoms with Gasteiger partial charge in [-0.25, -0.2) is 10.9 Å². The Morgan fingerprint density at radius 3 is 2.48 bits per heavy atom. The van der Waals surface area contributed by atoms with Crippen molar-refractivity contribution in [3.05, 3.63) is 65.5 Å². The Bertz CT molecular complexity index is 716. The van der Waals surface area contributed by atoms with Crippen LogP contribution in [0.4, 0.5) is 0 Å². The topological polar surface area (TPSA) is 57.3 Å². The molecular formula is C18H20N4O. The highest BCUT2D eigenvalue weighted by molar-refractivity contribution is 5.85. The number of hydrogen-bond acceptors (Lipinski definition) is 4. The normalized spacial score (nSPS) is 29.8. The molecule has 4 rings (SSSR count). The number of pyridine rings is 1. The van der Waals surface area contributed by atoms with Crippen LogP contribution in [0.25, 0.3) is 0 Å². The van der Waals surface area contributed by atoms with Gasteiger partial charge in [-0.3, -0.25) is 9.78 Å². The Balaban J connectivity index is 1.74. The van der Waals surface area contributed by atoms with Gasteiger partial charge in [0.25, 0.3) is 0 Å². The largest absolute Gasteiger partial charge is 0.335 e. The lowest BCUT2D eigenvalue weighted by atomic mass is 9.85. The van der Waals surface area contributed by atoms with Crippen LogP contribution in [-0.2, 0) is 4.79 Å². The molecule has 1 aromatic carbocycles. The summed E-state index contributed by atoms with van der Waals surface area (Å²) in [6.07, 6.45) is 1.79. The van der Waals surface area contributed by atoms with Crippen LogP contribution in [0.3, 0.4) is 0 Å². The molecular weight excluding hydrogens is 288 g/mol. The van der Waals surface area contributed by atoms with Gasteiger partial charge >= 0.3 is 0 Å². The third-order valence-corrected chi connectivity index (χ3v) is 4.99. The quantitative estimate of drug-likeness (QED) is 0.887. The van der Waals surface area contributed by atoms with E-state index in [0.717, 1.165) is 5.69 Å². The molecule has 23 heavy (non-hydrogen) atoms. The predicted molar refractivity (Wildman–Crippen MR) is 87.2 cm³/mol. The monoisotopic (exact) mass is 308 g/mol. The minimum Gasteiger partial charge on any atom is -0.335 e. The number of amides is 1. The Labute approximate surface area is 135 Å². The third kappa shape index (κ3) is 2.24. The van der Waals surface area contributed by atoms with E-state index in [2.05, 4.69) is 47.0 Å². The smallest absolute Gasteiger partial charge is 0.241 e. The van der Waals surface area contributed by atoms with Gasteiger partial charge in [0.15, 0.2) is 0 Å². The molecule has 5 nitrogen and oxygen atoms in total. The first kappa shape index (κ1) is 14.4. The molecule has 2 N–H and O–H groups in total. The van der Waals surface area contributed by atoms with E-state index in [1.165, 1.54) is 11.1 Å². The van der Waals surface area contributed by atoms with E-state index < -0.39 is 0 Å². The van der Waals surface area contributed by atoms with Crippen molar-refractivity contribution in [2.45, 2.75) is 25.0 Å². The predicted octanol–water partition coefficient (Wildman–Crippen LogP) is 1.74. The second kappa shape index (κ2) is 5.44. The number of likely N-dealkylation sites (tertiary alicyclic amines) is 1. The van der Waals surface area contributed by atoms with Crippen molar-refractivity contribution in [1.29, 1.82) is 0 Å². The molecule has 0 bridgehead atoms. The van der Waals surface area contributed by atoms with Crippen LogP contribution < -0.4 is 10.9 Å². The van der Waals surface area contributed by atoms with Crippen molar-refractivity contribution < 1.29 is 4.79 Å². The van der Waals surface area contributed by atoms with Crippen LogP contribution in [0.5, 0.6) is 0 Å². The lowest BCUT2D eigenvalue weighted by Gasteiger charge is -2.27. The number of benzene rings is 1. The molecule has 2 aliphatic rings. The molecule has 2 aliphatic heterocycles. The molecule has 5 heteroatoms. The zero-order valence-corrected chi connectivity index (χ0v) is 13.2. The van der Waals surface area contributed by atoms with E-state index in [1.54, 1.807) is 6.20 Å². The zero-order valence-electron chi connectivity index (χ0n) is 13.2. The van der Waals surface area contributed by atoms with E-state index in [0.29, 0.717) is 0 Å². The summed E-state index contributed by atoms with van der Waals surface area (Å²) in [6, 6.07) is 14.2. The van der Waals surface area contributed by atoms with Gasteiger partial charge < -0.3 is 4.90 Å². The molecule has 2 saturated heterocycles. The molecule has 4 unspecified atom stereocenters. The SMILES string of the molecule is Cc1ccc(C2NNC3C(=O)N(C)C(c4ccccn4)C32)cc1. The highest BCUT2D eigenvalue weighted by atomic mass is 16.2. The summed E-state index contributed by atoms with van der Waals surface area (Å²) in [6.45, 7) is 2.08. The molecule has 0 saturated carbocycles. The highest BCUT2D eigenvalue weighted by Crippen LogP contribution is 2.45. The Kier molecular flexibility index (Phi) is 3.39. The van der Waals surface area contributed by atoms with Gasteiger partial charge in [-0.1, -0.05) is 35.9 Å². The maximum atomic E-state index is 12.6. The standard InChI is InChI=1S/C18H20N4O/c1-11-6-8-12(9-7-11)15-14-16(21-20-15)18(23)22(2)17(14)13-5-3-4-10-19-13/h3-10,14-17,20-21H,1-2H3. The van der Waals surface area contributed by atoms with Crippen LogP contribution in [0.1, 0.15) is 28.9 Å². The summed E-state index contributed by atoms with van der Waals surface area (Å²) in [5, 5.41) is 0. The number of likely N-dealkylation sites (N-methyl/N-ethyl adjacent to an activating group) is 1. The van der Waals surface area contributed by atoms with Gasteiger partial charge in [0.2, 0.25) is 5.91 Å². The fourth-order valence-corrected chi connectivity index (χ4v) is 3.80. The van der Waals surface area contributed by atoms with Crippen LogP contribution in [0.15, 0.2) is 48.7 Å². The van der Waals surface area contributed by atoms with Gasteiger partial charge in [0, 0.05) is 19.2 Å². The summed E-state index contributed by atoms with van der Waals surface area (Å²) in [7, 11) is 1.87. The van der Waals surface area contributed by atoms with Crippen LogP contribution in [-0.4, -0.2) is 28.9 Å². The summed E-state index contributed by atoms with van der Waals surface area (Å²) < 4.78 is 0. The van der Waals surface area contributed by atoms with E-state index in [4.69, 9.17) is 0 Å². The summed E-state index contributed by atoms with van der Waals surface area (Å²) in [4.78, 5) is 18.9. The molecule has 0 aliphatic carbocycles. The Morgan fingerprint density at radius 2 is 1.78 bits per heavy atom.